The molecule has 4 nitrogen and oxygen atoms in total. The highest BCUT2D eigenvalue weighted by Gasteiger charge is 2.09. The standard InChI is InChI=1S/C17H11N3O/c18-10-13-11-20-17-9-12(4-5-14(13)17)15(6-8-21)16-3-1-2-7-19-16/h1-9,11,20H/b15-6-. The van der Waals surface area contributed by atoms with Crippen LogP contribution in [0.2, 0.25) is 0 Å². The molecule has 3 aromatic rings. The number of rotatable bonds is 3. The van der Waals surface area contributed by atoms with Crippen molar-refractivity contribution in [1.82, 2.24) is 9.97 Å². The quantitative estimate of drug-likeness (QED) is 0.589. The second-order valence-corrected chi connectivity index (χ2v) is 4.51. The molecule has 100 valence electrons. The molecule has 0 aliphatic carbocycles. The fourth-order valence-electron chi connectivity index (χ4n) is 2.31. The van der Waals surface area contributed by atoms with Gasteiger partial charge in [0, 0.05) is 28.9 Å². The number of aldehydes is 1. The molecular weight excluding hydrogens is 262 g/mol. The molecular formula is C17H11N3O. The summed E-state index contributed by atoms with van der Waals surface area (Å²) in [4.78, 5) is 18.3. The average molecular weight is 273 g/mol. The molecule has 0 unspecified atom stereocenters. The number of benzene rings is 1. The summed E-state index contributed by atoms with van der Waals surface area (Å²) in [5, 5.41) is 9.90. The van der Waals surface area contributed by atoms with Gasteiger partial charge >= 0.3 is 0 Å². The molecule has 0 spiro atoms. The van der Waals surface area contributed by atoms with Crippen LogP contribution in [-0.4, -0.2) is 16.3 Å². The van der Waals surface area contributed by atoms with Crippen molar-refractivity contribution in [2.75, 3.05) is 0 Å². The van der Waals surface area contributed by atoms with Crippen LogP contribution in [-0.2, 0) is 4.79 Å². The van der Waals surface area contributed by atoms with E-state index in [4.69, 9.17) is 5.26 Å². The predicted octanol–water partition coefficient (Wildman–Crippen LogP) is 3.07. The molecule has 0 saturated carbocycles. The Labute approximate surface area is 121 Å². The van der Waals surface area contributed by atoms with Gasteiger partial charge in [-0.15, -0.1) is 0 Å². The first-order valence-corrected chi connectivity index (χ1v) is 6.42. The number of aromatic amines is 1. The summed E-state index contributed by atoms with van der Waals surface area (Å²) in [6, 6.07) is 13.4. The minimum absolute atomic E-state index is 0.607. The number of fused-ring (bicyclic) bond motifs is 1. The zero-order chi connectivity index (χ0) is 14.7. The van der Waals surface area contributed by atoms with E-state index in [9.17, 15) is 4.79 Å². The molecule has 0 radical (unpaired) electrons. The number of hydrogen-bond acceptors (Lipinski definition) is 3. The van der Waals surface area contributed by atoms with Crippen molar-refractivity contribution in [3.63, 3.8) is 0 Å². The molecule has 1 N–H and O–H groups in total. The number of pyridine rings is 1. The Morgan fingerprint density at radius 1 is 1.29 bits per heavy atom. The lowest BCUT2D eigenvalue weighted by molar-refractivity contribution is -0.104. The predicted molar refractivity (Wildman–Crippen MR) is 80.4 cm³/mol. The Balaban J connectivity index is 2.15. The van der Waals surface area contributed by atoms with Crippen molar-refractivity contribution in [2.24, 2.45) is 0 Å². The Morgan fingerprint density at radius 2 is 2.19 bits per heavy atom. The SMILES string of the molecule is N#Cc1c[nH]c2cc(/C(=C/C=O)c3ccccn3)ccc12. The van der Waals surface area contributed by atoms with Crippen LogP contribution in [0.1, 0.15) is 16.8 Å². The van der Waals surface area contributed by atoms with Gasteiger partial charge in [-0.3, -0.25) is 9.78 Å². The lowest BCUT2D eigenvalue weighted by Crippen LogP contribution is -1.92. The lowest BCUT2D eigenvalue weighted by atomic mass is 10.00. The van der Waals surface area contributed by atoms with Crippen molar-refractivity contribution < 1.29 is 4.79 Å². The Bertz CT molecular complexity index is 870. The normalized spacial score (nSPS) is 11.3. The van der Waals surface area contributed by atoms with Crippen molar-refractivity contribution in [2.45, 2.75) is 0 Å². The Kier molecular flexibility index (Phi) is 3.32. The van der Waals surface area contributed by atoms with Gasteiger partial charge < -0.3 is 4.98 Å². The molecule has 2 aromatic heterocycles. The van der Waals surface area contributed by atoms with Gasteiger partial charge in [0.15, 0.2) is 0 Å². The zero-order valence-corrected chi connectivity index (χ0v) is 11.1. The number of H-pyrrole nitrogens is 1. The Hall–Kier alpha value is -3.19. The topological polar surface area (TPSA) is 69.5 Å². The van der Waals surface area contributed by atoms with Gasteiger partial charge in [0.25, 0.3) is 0 Å². The van der Waals surface area contributed by atoms with Crippen LogP contribution in [0.3, 0.4) is 0 Å². The summed E-state index contributed by atoms with van der Waals surface area (Å²) in [5.74, 6) is 0. The van der Waals surface area contributed by atoms with Crippen LogP contribution in [0.25, 0.3) is 16.5 Å². The van der Waals surface area contributed by atoms with Gasteiger partial charge in [-0.1, -0.05) is 18.2 Å². The summed E-state index contributed by atoms with van der Waals surface area (Å²) in [7, 11) is 0. The van der Waals surface area contributed by atoms with Gasteiger partial charge in [0.2, 0.25) is 0 Å². The summed E-state index contributed by atoms with van der Waals surface area (Å²) in [5.41, 5.74) is 3.82. The van der Waals surface area contributed by atoms with E-state index in [-0.39, 0.29) is 0 Å². The van der Waals surface area contributed by atoms with E-state index in [0.717, 1.165) is 34.0 Å². The van der Waals surface area contributed by atoms with Crippen LogP contribution < -0.4 is 0 Å². The summed E-state index contributed by atoms with van der Waals surface area (Å²) >= 11 is 0. The van der Waals surface area contributed by atoms with E-state index in [0.29, 0.717) is 5.56 Å². The molecule has 0 amide bonds. The third kappa shape index (κ3) is 2.33. The van der Waals surface area contributed by atoms with Gasteiger partial charge in [-0.25, -0.2) is 0 Å². The molecule has 0 atom stereocenters. The highest BCUT2D eigenvalue weighted by Crippen LogP contribution is 2.26. The van der Waals surface area contributed by atoms with Crippen LogP contribution in [0, 0.1) is 11.3 Å². The molecule has 1 aromatic carbocycles. The largest absolute Gasteiger partial charge is 0.360 e. The number of allylic oxidation sites excluding steroid dienone is 1. The smallest absolute Gasteiger partial charge is 0.143 e. The number of nitriles is 1. The molecule has 21 heavy (non-hydrogen) atoms. The number of nitrogens with one attached hydrogen (secondary N) is 1. The molecule has 2 heterocycles. The van der Waals surface area contributed by atoms with E-state index in [1.165, 1.54) is 6.08 Å². The van der Waals surface area contributed by atoms with E-state index in [1.807, 2.05) is 36.4 Å². The Morgan fingerprint density at radius 3 is 2.90 bits per heavy atom. The van der Waals surface area contributed by atoms with Gasteiger partial charge in [-0.05, 0) is 29.8 Å². The second kappa shape index (κ2) is 5.43. The zero-order valence-electron chi connectivity index (χ0n) is 11.1. The minimum Gasteiger partial charge on any atom is -0.360 e. The van der Waals surface area contributed by atoms with Crippen LogP contribution in [0.5, 0.6) is 0 Å². The molecule has 3 rings (SSSR count). The maximum atomic E-state index is 10.9. The van der Waals surface area contributed by atoms with E-state index in [2.05, 4.69) is 16.0 Å². The number of aromatic nitrogens is 2. The number of hydrogen-bond donors (Lipinski definition) is 1. The average Bonchev–Trinajstić information content (AvgIpc) is 2.95. The first kappa shape index (κ1) is 12.8. The summed E-state index contributed by atoms with van der Waals surface area (Å²) < 4.78 is 0. The minimum atomic E-state index is 0.607. The van der Waals surface area contributed by atoms with E-state index >= 15 is 0 Å². The maximum Gasteiger partial charge on any atom is 0.143 e. The third-order valence-corrected chi connectivity index (χ3v) is 3.29. The van der Waals surface area contributed by atoms with Crippen LogP contribution >= 0.6 is 0 Å². The van der Waals surface area contributed by atoms with Crippen molar-refractivity contribution in [3.8, 4) is 6.07 Å². The lowest BCUT2D eigenvalue weighted by Gasteiger charge is -2.06. The second-order valence-electron chi connectivity index (χ2n) is 4.51. The number of carbonyl (C=O) groups excluding carboxylic acids is 1. The number of nitrogens with zero attached hydrogens (tertiary/aromatic N) is 2. The van der Waals surface area contributed by atoms with Crippen molar-refractivity contribution in [1.29, 1.82) is 5.26 Å². The maximum absolute atomic E-state index is 10.9. The van der Waals surface area contributed by atoms with E-state index in [1.54, 1.807) is 12.4 Å². The first-order chi connectivity index (χ1) is 10.3. The fourth-order valence-corrected chi connectivity index (χ4v) is 2.31. The monoisotopic (exact) mass is 273 g/mol. The summed E-state index contributed by atoms with van der Waals surface area (Å²) in [6.45, 7) is 0. The molecule has 0 fully saturated rings. The highest BCUT2D eigenvalue weighted by atomic mass is 16.1. The molecule has 0 bridgehead atoms. The third-order valence-electron chi connectivity index (χ3n) is 3.29. The van der Waals surface area contributed by atoms with Gasteiger partial charge in [0.05, 0.1) is 11.3 Å². The summed E-state index contributed by atoms with van der Waals surface area (Å²) in [6.07, 6.45) is 5.62. The molecule has 0 aliphatic rings. The fraction of sp³-hybridized carbons (Fsp3) is 0. The van der Waals surface area contributed by atoms with Crippen molar-refractivity contribution >= 4 is 22.8 Å². The van der Waals surface area contributed by atoms with Gasteiger partial charge in [-0.2, -0.15) is 5.26 Å². The van der Waals surface area contributed by atoms with Crippen molar-refractivity contribution in [3.05, 3.63) is 71.7 Å². The van der Waals surface area contributed by atoms with Gasteiger partial charge in [0.1, 0.15) is 12.4 Å². The number of carbonyl (C=O) groups is 1. The molecule has 0 saturated heterocycles. The van der Waals surface area contributed by atoms with E-state index < -0.39 is 0 Å². The molecule has 0 aliphatic heterocycles. The van der Waals surface area contributed by atoms with Crippen LogP contribution in [0.4, 0.5) is 0 Å². The highest BCUT2D eigenvalue weighted by molar-refractivity contribution is 5.93. The molecule has 4 heteroatoms. The first-order valence-electron chi connectivity index (χ1n) is 6.42. The van der Waals surface area contributed by atoms with Crippen LogP contribution in [0.15, 0.2) is 54.9 Å².